The third-order valence-electron chi connectivity index (χ3n) is 3.44. The predicted octanol–water partition coefficient (Wildman–Crippen LogP) is 1.43. The van der Waals surface area contributed by atoms with Crippen LogP contribution in [0.5, 0.6) is 5.75 Å². The van der Waals surface area contributed by atoms with Crippen molar-refractivity contribution in [1.82, 2.24) is 5.32 Å². The molecule has 0 aliphatic carbocycles. The van der Waals surface area contributed by atoms with Crippen LogP contribution in [0.4, 0.5) is 0 Å². The van der Waals surface area contributed by atoms with Crippen molar-refractivity contribution in [3.05, 3.63) is 29.8 Å². The zero-order valence-electron chi connectivity index (χ0n) is 13.3. The van der Waals surface area contributed by atoms with Gasteiger partial charge in [0.05, 0.1) is 24.2 Å². The molecule has 7 heteroatoms. The van der Waals surface area contributed by atoms with Gasteiger partial charge < -0.3 is 19.5 Å². The molecular weight excluding hydrogens is 312 g/mol. The van der Waals surface area contributed by atoms with E-state index < -0.39 is 11.9 Å². The molecule has 0 spiro atoms. The maximum absolute atomic E-state index is 11.8. The number of hydrogen-bond donors (Lipinski definition) is 1. The van der Waals surface area contributed by atoms with Crippen LogP contribution in [0, 0.1) is 11.3 Å². The SMILES string of the molecule is N#CCCNC(=O)COC(=O)c1ccc(OC[C@@H]2CCCO2)cc1. The molecule has 1 amide bonds. The first-order valence-electron chi connectivity index (χ1n) is 7.84. The number of amides is 1. The van der Waals surface area contributed by atoms with Crippen LogP contribution in [-0.2, 0) is 14.3 Å². The lowest BCUT2D eigenvalue weighted by Gasteiger charge is -2.11. The molecule has 1 aromatic rings. The summed E-state index contributed by atoms with van der Waals surface area (Å²) in [6, 6.07) is 8.43. The number of rotatable bonds is 8. The highest BCUT2D eigenvalue weighted by Crippen LogP contribution is 2.17. The van der Waals surface area contributed by atoms with Gasteiger partial charge in [-0.2, -0.15) is 5.26 Å². The van der Waals surface area contributed by atoms with Crippen molar-refractivity contribution in [1.29, 1.82) is 5.26 Å². The first-order valence-corrected chi connectivity index (χ1v) is 7.84. The Balaban J connectivity index is 1.72. The van der Waals surface area contributed by atoms with Gasteiger partial charge in [-0.25, -0.2) is 4.79 Å². The summed E-state index contributed by atoms with van der Waals surface area (Å²) in [7, 11) is 0. The normalized spacial score (nSPS) is 16.2. The second-order valence-corrected chi connectivity index (χ2v) is 5.30. The number of hydrogen-bond acceptors (Lipinski definition) is 6. The van der Waals surface area contributed by atoms with E-state index in [1.54, 1.807) is 24.3 Å². The van der Waals surface area contributed by atoms with E-state index in [9.17, 15) is 9.59 Å². The lowest BCUT2D eigenvalue weighted by Crippen LogP contribution is -2.29. The molecule has 1 aliphatic heterocycles. The van der Waals surface area contributed by atoms with Crippen LogP contribution in [0.25, 0.3) is 0 Å². The van der Waals surface area contributed by atoms with E-state index >= 15 is 0 Å². The molecule has 1 aromatic carbocycles. The van der Waals surface area contributed by atoms with E-state index in [1.807, 2.05) is 6.07 Å². The van der Waals surface area contributed by atoms with E-state index in [4.69, 9.17) is 19.5 Å². The van der Waals surface area contributed by atoms with Crippen molar-refractivity contribution in [2.75, 3.05) is 26.4 Å². The molecule has 0 aromatic heterocycles. The standard InChI is InChI=1S/C17H20N2O5/c18-8-2-9-19-16(20)12-24-17(21)13-4-6-14(7-5-13)23-11-15-3-1-10-22-15/h4-7,15H,1-3,9-12H2,(H,19,20)/t15-/m0/s1. The summed E-state index contributed by atoms with van der Waals surface area (Å²) in [5.74, 6) is -0.373. The Morgan fingerprint density at radius 3 is 2.79 bits per heavy atom. The molecule has 0 saturated carbocycles. The lowest BCUT2D eigenvalue weighted by atomic mass is 10.2. The molecule has 1 aliphatic rings. The largest absolute Gasteiger partial charge is 0.491 e. The number of carbonyl (C=O) groups excluding carboxylic acids is 2. The third-order valence-corrected chi connectivity index (χ3v) is 3.44. The molecule has 1 N–H and O–H groups in total. The highest BCUT2D eigenvalue weighted by atomic mass is 16.5. The molecule has 0 unspecified atom stereocenters. The van der Waals surface area contributed by atoms with Crippen LogP contribution in [0.1, 0.15) is 29.6 Å². The summed E-state index contributed by atoms with van der Waals surface area (Å²) in [5.41, 5.74) is 0.337. The van der Waals surface area contributed by atoms with Crippen molar-refractivity contribution in [3.63, 3.8) is 0 Å². The molecule has 7 nitrogen and oxygen atoms in total. The van der Waals surface area contributed by atoms with Gasteiger partial charge in [-0.05, 0) is 37.1 Å². The molecule has 1 saturated heterocycles. The molecule has 1 fully saturated rings. The summed E-state index contributed by atoms with van der Waals surface area (Å²) in [6.45, 7) is 1.14. The minimum absolute atomic E-state index is 0.134. The Kier molecular flexibility index (Phi) is 7.05. The van der Waals surface area contributed by atoms with Crippen LogP contribution >= 0.6 is 0 Å². The minimum atomic E-state index is -0.587. The summed E-state index contributed by atoms with van der Waals surface area (Å²) in [6.07, 6.45) is 2.41. The van der Waals surface area contributed by atoms with Crippen LogP contribution in [-0.4, -0.2) is 44.3 Å². The number of ether oxygens (including phenoxy) is 3. The zero-order chi connectivity index (χ0) is 17.2. The molecule has 0 radical (unpaired) electrons. The van der Waals surface area contributed by atoms with Gasteiger partial charge in [0.15, 0.2) is 6.61 Å². The van der Waals surface area contributed by atoms with Crippen LogP contribution in [0.15, 0.2) is 24.3 Å². The summed E-state index contributed by atoms with van der Waals surface area (Å²) in [5, 5.41) is 10.8. The van der Waals surface area contributed by atoms with E-state index in [0.29, 0.717) is 17.9 Å². The minimum Gasteiger partial charge on any atom is -0.491 e. The zero-order valence-corrected chi connectivity index (χ0v) is 13.3. The van der Waals surface area contributed by atoms with Crippen LogP contribution in [0.2, 0.25) is 0 Å². The fourth-order valence-corrected chi connectivity index (χ4v) is 2.18. The topological polar surface area (TPSA) is 97.7 Å². The van der Waals surface area contributed by atoms with Crippen LogP contribution < -0.4 is 10.1 Å². The number of nitrogens with zero attached hydrogens (tertiary/aromatic N) is 1. The first kappa shape index (κ1) is 17.8. The highest BCUT2D eigenvalue weighted by Gasteiger charge is 2.16. The number of benzene rings is 1. The van der Waals surface area contributed by atoms with Crippen molar-refractivity contribution >= 4 is 11.9 Å². The molecule has 1 heterocycles. The Bertz CT molecular complexity index is 588. The van der Waals surface area contributed by atoms with Gasteiger partial charge in [0.2, 0.25) is 0 Å². The first-order chi connectivity index (χ1) is 11.7. The number of nitrogens with one attached hydrogen (secondary N) is 1. The Morgan fingerprint density at radius 2 is 2.12 bits per heavy atom. The van der Waals surface area contributed by atoms with Crippen LogP contribution in [0.3, 0.4) is 0 Å². The molecule has 1 atom stereocenters. The second kappa shape index (κ2) is 9.53. The maximum atomic E-state index is 11.8. The summed E-state index contributed by atoms with van der Waals surface area (Å²) in [4.78, 5) is 23.2. The fraction of sp³-hybridized carbons (Fsp3) is 0.471. The Morgan fingerprint density at radius 1 is 1.33 bits per heavy atom. The lowest BCUT2D eigenvalue weighted by molar-refractivity contribution is -0.124. The smallest absolute Gasteiger partial charge is 0.338 e. The molecule has 0 bridgehead atoms. The van der Waals surface area contributed by atoms with Crippen molar-refractivity contribution < 1.29 is 23.8 Å². The Labute approximate surface area is 140 Å². The molecular formula is C17H20N2O5. The highest BCUT2D eigenvalue weighted by molar-refractivity contribution is 5.91. The monoisotopic (exact) mass is 332 g/mol. The quantitative estimate of drug-likeness (QED) is 0.571. The summed E-state index contributed by atoms with van der Waals surface area (Å²) < 4.78 is 16.0. The van der Waals surface area contributed by atoms with E-state index in [2.05, 4.69) is 5.32 Å². The average Bonchev–Trinajstić information content (AvgIpc) is 3.12. The predicted molar refractivity (Wildman–Crippen MR) is 84.4 cm³/mol. The van der Waals surface area contributed by atoms with Gasteiger partial charge in [0.25, 0.3) is 5.91 Å². The fourth-order valence-electron chi connectivity index (χ4n) is 2.18. The van der Waals surface area contributed by atoms with E-state index in [0.717, 1.165) is 19.4 Å². The molecule has 2 rings (SSSR count). The van der Waals surface area contributed by atoms with E-state index in [1.165, 1.54) is 0 Å². The molecule has 24 heavy (non-hydrogen) atoms. The number of carbonyl (C=O) groups is 2. The Hall–Kier alpha value is -2.59. The molecule has 128 valence electrons. The van der Waals surface area contributed by atoms with Gasteiger partial charge in [0, 0.05) is 13.2 Å². The van der Waals surface area contributed by atoms with Crippen molar-refractivity contribution in [2.24, 2.45) is 0 Å². The second-order valence-electron chi connectivity index (χ2n) is 5.30. The van der Waals surface area contributed by atoms with Crippen molar-refractivity contribution in [2.45, 2.75) is 25.4 Å². The van der Waals surface area contributed by atoms with Gasteiger partial charge in [0.1, 0.15) is 12.4 Å². The maximum Gasteiger partial charge on any atom is 0.338 e. The summed E-state index contributed by atoms with van der Waals surface area (Å²) >= 11 is 0. The van der Waals surface area contributed by atoms with E-state index in [-0.39, 0.29) is 25.7 Å². The van der Waals surface area contributed by atoms with Gasteiger partial charge in [-0.15, -0.1) is 0 Å². The van der Waals surface area contributed by atoms with Gasteiger partial charge in [-0.1, -0.05) is 0 Å². The number of esters is 1. The number of nitriles is 1. The third kappa shape index (κ3) is 5.89. The van der Waals surface area contributed by atoms with Crippen molar-refractivity contribution in [3.8, 4) is 11.8 Å². The van der Waals surface area contributed by atoms with Gasteiger partial charge >= 0.3 is 5.97 Å². The average molecular weight is 332 g/mol. The van der Waals surface area contributed by atoms with Gasteiger partial charge in [-0.3, -0.25) is 4.79 Å².